The highest BCUT2D eigenvalue weighted by Crippen LogP contribution is 2.33. The predicted octanol–water partition coefficient (Wildman–Crippen LogP) is 2.42. The Hall–Kier alpha value is -2.43. The van der Waals surface area contributed by atoms with Crippen LogP contribution in [-0.2, 0) is 6.54 Å². The van der Waals surface area contributed by atoms with Gasteiger partial charge in [0.1, 0.15) is 11.9 Å². The highest BCUT2D eigenvalue weighted by molar-refractivity contribution is 5.66. The number of ether oxygens (including phenoxy) is 1. The highest BCUT2D eigenvalue weighted by Gasteiger charge is 2.43. The quantitative estimate of drug-likeness (QED) is 0.612. The summed E-state index contributed by atoms with van der Waals surface area (Å²) in [6.07, 6.45) is -2.76. The van der Waals surface area contributed by atoms with Crippen molar-refractivity contribution >= 4 is 5.69 Å². The summed E-state index contributed by atoms with van der Waals surface area (Å²) in [5.41, 5.74) is 11.7. The Balaban J connectivity index is 1.94. The Morgan fingerprint density at radius 1 is 1.27 bits per heavy atom. The minimum absolute atomic E-state index is 0.0158. The number of aromatic nitrogens is 1. The number of alkyl halides is 2. The van der Waals surface area contributed by atoms with Gasteiger partial charge >= 0.3 is 0 Å². The first-order valence-corrected chi connectivity index (χ1v) is 9.42. The smallest absolute Gasteiger partial charge is 0.265 e. The van der Waals surface area contributed by atoms with Crippen LogP contribution in [0.5, 0.6) is 5.75 Å². The molecule has 1 aromatic heterocycles. The lowest BCUT2D eigenvalue weighted by molar-refractivity contribution is -0.0529. The second-order valence-corrected chi connectivity index (χ2v) is 7.41. The van der Waals surface area contributed by atoms with E-state index in [4.69, 9.17) is 16.2 Å². The molecule has 1 aliphatic heterocycles. The van der Waals surface area contributed by atoms with E-state index in [2.05, 4.69) is 4.98 Å². The summed E-state index contributed by atoms with van der Waals surface area (Å²) >= 11 is 0. The van der Waals surface area contributed by atoms with Crippen LogP contribution in [0.3, 0.4) is 0 Å². The number of methoxy groups -OCH3 is 1. The molecular weight excluding hydrogens is 404 g/mol. The molecule has 0 spiro atoms. The molecule has 0 aliphatic carbocycles. The lowest BCUT2D eigenvalue weighted by Gasteiger charge is -2.44. The van der Waals surface area contributed by atoms with Crippen LogP contribution in [0.4, 0.5) is 23.2 Å². The van der Waals surface area contributed by atoms with Crippen LogP contribution in [0.15, 0.2) is 24.4 Å². The summed E-state index contributed by atoms with van der Waals surface area (Å²) in [6.45, 7) is 0.545. The molecule has 1 saturated heterocycles. The molecule has 2 aromatic rings. The maximum atomic E-state index is 14.4. The van der Waals surface area contributed by atoms with E-state index >= 15 is 0 Å². The normalized spacial score (nSPS) is 20.5. The number of halogens is 4. The fourth-order valence-corrected chi connectivity index (χ4v) is 3.78. The molecule has 0 radical (unpaired) electrons. The van der Waals surface area contributed by atoms with Crippen molar-refractivity contribution in [2.75, 3.05) is 25.1 Å². The van der Waals surface area contributed by atoms with Crippen molar-refractivity contribution in [2.45, 2.75) is 37.5 Å². The molecule has 1 aliphatic rings. The number of benzene rings is 1. The average Bonchev–Trinajstić information content (AvgIpc) is 2.73. The zero-order valence-electron chi connectivity index (χ0n) is 16.4. The van der Waals surface area contributed by atoms with Crippen LogP contribution < -0.4 is 21.1 Å². The van der Waals surface area contributed by atoms with Gasteiger partial charge in [-0.1, -0.05) is 0 Å². The van der Waals surface area contributed by atoms with Crippen molar-refractivity contribution in [2.24, 2.45) is 11.5 Å². The third-order valence-corrected chi connectivity index (χ3v) is 5.43. The number of anilines is 1. The molecule has 6 nitrogen and oxygen atoms in total. The Morgan fingerprint density at radius 3 is 2.63 bits per heavy atom. The second-order valence-electron chi connectivity index (χ2n) is 7.41. The van der Waals surface area contributed by atoms with E-state index in [1.807, 2.05) is 0 Å². The van der Waals surface area contributed by atoms with E-state index in [0.29, 0.717) is 24.2 Å². The van der Waals surface area contributed by atoms with E-state index in [-0.39, 0.29) is 36.5 Å². The lowest BCUT2D eigenvalue weighted by Crippen LogP contribution is -2.63. The Bertz CT molecular complexity index is 915. The van der Waals surface area contributed by atoms with Gasteiger partial charge in [0, 0.05) is 31.3 Å². The van der Waals surface area contributed by atoms with Crippen LogP contribution in [0.25, 0.3) is 11.3 Å². The number of pyridine rings is 1. The van der Waals surface area contributed by atoms with Crippen LogP contribution in [0.2, 0.25) is 0 Å². The Morgan fingerprint density at radius 2 is 2.00 bits per heavy atom. The summed E-state index contributed by atoms with van der Waals surface area (Å²) in [6, 6.07) is 3.44. The summed E-state index contributed by atoms with van der Waals surface area (Å²) < 4.78 is 59.3. The fraction of sp³-hybridized carbons (Fsp3) is 0.450. The molecule has 30 heavy (non-hydrogen) atoms. The van der Waals surface area contributed by atoms with Gasteiger partial charge in [0.2, 0.25) is 0 Å². The first-order valence-electron chi connectivity index (χ1n) is 9.42. The maximum Gasteiger partial charge on any atom is 0.265 e. The van der Waals surface area contributed by atoms with Gasteiger partial charge in [0.25, 0.3) is 6.43 Å². The predicted molar refractivity (Wildman–Crippen MR) is 104 cm³/mol. The first kappa shape index (κ1) is 22.3. The molecule has 0 bridgehead atoms. The van der Waals surface area contributed by atoms with Crippen LogP contribution in [0.1, 0.15) is 18.4 Å². The van der Waals surface area contributed by atoms with E-state index in [9.17, 15) is 22.7 Å². The van der Waals surface area contributed by atoms with Gasteiger partial charge < -0.3 is 26.2 Å². The highest BCUT2D eigenvalue weighted by atomic mass is 19.3. The van der Waals surface area contributed by atoms with Crippen molar-refractivity contribution in [1.82, 2.24) is 4.98 Å². The first-order chi connectivity index (χ1) is 14.2. The molecule has 1 fully saturated rings. The van der Waals surface area contributed by atoms with Crippen molar-refractivity contribution in [3.05, 3.63) is 41.6 Å². The third kappa shape index (κ3) is 4.21. The molecule has 2 heterocycles. The van der Waals surface area contributed by atoms with Crippen molar-refractivity contribution in [3.63, 3.8) is 0 Å². The number of rotatable bonds is 6. The number of aliphatic hydroxyl groups is 1. The monoisotopic (exact) mass is 428 g/mol. The van der Waals surface area contributed by atoms with E-state index < -0.39 is 29.7 Å². The fourth-order valence-electron chi connectivity index (χ4n) is 3.78. The molecule has 0 amide bonds. The van der Waals surface area contributed by atoms with Crippen molar-refractivity contribution in [3.8, 4) is 17.0 Å². The molecular formula is C20H24F4N4O2. The Kier molecular flexibility index (Phi) is 6.49. The topological polar surface area (TPSA) is 97.6 Å². The molecule has 2 unspecified atom stereocenters. The van der Waals surface area contributed by atoms with Gasteiger partial charge in [-0.05, 0) is 30.5 Å². The van der Waals surface area contributed by atoms with Crippen LogP contribution in [0, 0.1) is 11.6 Å². The summed E-state index contributed by atoms with van der Waals surface area (Å²) in [5.74, 6) is -1.67. The van der Waals surface area contributed by atoms with Gasteiger partial charge in [-0.15, -0.1) is 0 Å². The summed E-state index contributed by atoms with van der Waals surface area (Å²) in [5, 5.41) is 9.86. The molecule has 164 valence electrons. The maximum absolute atomic E-state index is 14.4. The van der Waals surface area contributed by atoms with E-state index in [1.165, 1.54) is 19.4 Å². The van der Waals surface area contributed by atoms with Crippen molar-refractivity contribution < 1.29 is 27.4 Å². The van der Waals surface area contributed by atoms with Gasteiger partial charge in [-0.25, -0.2) is 17.6 Å². The number of hydrogen-bond donors (Lipinski definition) is 3. The zero-order valence-corrected chi connectivity index (χ0v) is 16.4. The summed E-state index contributed by atoms with van der Waals surface area (Å²) in [7, 11) is 1.23. The molecule has 0 saturated carbocycles. The molecule has 1 aromatic carbocycles. The van der Waals surface area contributed by atoms with E-state index in [1.54, 1.807) is 4.90 Å². The van der Waals surface area contributed by atoms with Crippen molar-refractivity contribution in [1.29, 1.82) is 0 Å². The molecule has 5 N–H and O–H groups in total. The molecule has 10 heteroatoms. The average molecular weight is 428 g/mol. The SMILES string of the molecule is COc1cc(F)c(-c2cc(CN)c(N3CCCC(N)(C(O)C(F)F)C3)cn2)cc1F. The van der Waals surface area contributed by atoms with E-state index in [0.717, 1.165) is 12.1 Å². The number of nitrogens with two attached hydrogens (primary N) is 2. The lowest BCUT2D eigenvalue weighted by atomic mass is 9.84. The number of hydrogen-bond acceptors (Lipinski definition) is 6. The van der Waals surface area contributed by atoms with Gasteiger partial charge in [0.15, 0.2) is 11.6 Å². The minimum atomic E-state index is -2.96. The Labute approximate surface area is 171 Å². The number of piperidine rings is 1. The minimum Gasteiger partial charge on any atom is -0.494 e. The molecule has 2 atom stereocenters. The summed E-state index contributed by atoms with van der Waals surface area (Å²) in [4.78, 5) is 5.96. The van der Waals surface area contributed by atoms with Gasteiger partial charge in [0.05, 0.1) is 30.2 Å². The largest absolute Gasteiger partial charge is 0.494 e. The second kappa shape index (κ2) is 8.75. The zero-order chi connectivity index (χ0) is 22.1. The van der Waals surface area contributed by atoms with Crippen LogP contribution >= 0.6 is 0 Å². The van der Waals surface area contributed by atoms with Gasteiger partial charge in [-0.3, -0.25) is 4.98 Å². The van der Waals surface area contributed by atoms with Gasteiger partial charge in [-0.2, -0.15) is 0 Å². The number of nitrogens with zero attached hydrogens (tertiary/aromatic N) is 2. The molecule has 3 rings (SSSR count). The standard InChI is InChI=1S/C20H24F4N4O2/c1-30-17-7-13(21)12(6-14(17)22)15-5-11(8-25)16(9-27-15)28-4-2-3-20(26,10-28)18(29)19(23)24/h5-7,9,18-19,29H,2-4,8,10,25-26H2,1H3. The third-order valence-electron chi connectivity index (χ3n) is 5.43. The van der Waals surface area contributed by atoms with Crippen LogP contribution in [-0.4, -0.2) is 48.4 Å². The number of aliphatic hydroxyl groups excluding tert-OH is 1.